The van der Waals surface area contributed by atoms with Crippen LogP contribution in [-0.2, 0) is 21.7 Å². The van der Waals surface area contributed by atoms with Crippen molar-refractivity contribution >= 4 is 10.8 Å². The van der Waals surface area contributed by atoms with Gasteiger partial charge in [-0.05, 0) is 73.4 Å². The van der Waals surface area contributed by atoms with Crippen molar-refractivity contribution in [3.8, 4) is 0 Å². The first-order valence-corrected chi connectivity index (χ1v) is 16.7. The van der Waals surface area contributed by atoms with E-state index in [9.17, 15) is 4.39 Å². The van der Waals surface area contributed by atoms with Gasteiger partial charge in [0.15, 0.2) is 0 Å². The number of aromatic nitrogens is 1. The molecule has 4 aromatic rings. The third kappa shape index (κ3) is 11.4. The molecule has 0 N–H and O–H groups in total. The van der Waals surface area contributed by atoms with Crippen molar-refractivity contribution in [1.29, 1.82) is 0 Å². The molecule has 0 amide bonds. The van der Waals surface area contributed by atoms with Gasteiger partial charge in [-0.1, -0.05) is 165 Å². The van der Waals surface area contributed by atoms with Crippen LogP contribution in [0.5, 0.6) is 0 Å². The number of benzene rings is 3. The summed E-state index contributed by atoms with van der Waals surface area (Å²) in [5.74, 6) is 0.987. The summed E-state index contributed by atoms with van der Waals surface area (Å²) in [5, 5.41) is 2.51. The molecule has 0 fully saturated rings. The van der Waals surface area contributed by atoms with Crippen molar-refractivity contribution in [3.63, 3.8) is 0 Å². The van der Waals surface area contributed by atoms with Crippen molar-refractivity contribution < 1.29 is 4.39 Å². The lowest BCUT2D eigenvalue weighted by atomic mass is 9.84. The molecule has 0 atom stereocenters. The molecule has 0 aliphatic carbocycles. The maximum absolute atomic E-state index is 13.5. The molecule has 1 heterocycles. The zero-order valence-corrected chi connectivity index (χ0v) is 31.4. The minimum absolute atomic E-state index is 0.0955. The van der Waals surface area contributed by atoms with Crippen molar-refractivity contribution in [2.45, 2.75) is 144 Å². The predicted octanol–water partition coefficient (Wildman–Crippen LogP) is 13.2. The second-order valence-corrected chi connectivity index (χ2v) is 17.3. The van der Waals surface area contributed by atoms with Gasteiger partial charge >= 0.3 is 0 Å². The number of halogens is 1. The molecule has 0 bridgehead atoms. The van der Waals surface area contributed by atoms with Crippen LogP contribution in [0.2, 0.25) is 0 Å². The molecule has 1 aromatic heterocycles. The molecule has 0 spiro atoms. The maximum atomic E-state index is 13.5. The number of pyridine rings is 1. The van der Waals surface area contributed by atoms with Gasteiger partial charge in [-0.25, -0.2) is 4.39 Å². The summed E-state index contributed by atoms with van der Waals surface area (Å²) in [6.07, 6.45) is 1.99. The van der Waals surface area contributed by atoms with Crippen LogP contribution in [0.4, 0.5) is 4.39 Å². The summed E-state index contributed by atoms with van der Waals surface area (Å²) in [5.41, 5.74) is 7.86. The molecule has 0 saturated heterocycles. The summed E-state index contributed by atoms with van der Waals surface area (Å²) < 4.78 is 13.5. The molecular weight excluding hydrogens is 549 g/mol. The Morgan fingerprint density at radius 2 is 1.04 bits per heavy atom. The lowest BCUT2D eigenvalue weighted by Gasteiger charge is -2.21. The first-order chi connectivity index (χ1) is 20.4. The van der Waals surface area contributed by atoms with Gasteiger partial charge in [-0.2, -0.15) is 0 Å². The van der Waals surface area contributed by atoms with E-state index in [1.807, 2.05) is 39.1 Å². The highest BCUT2D eigenvalue weighted by molar-refractivity contribution is 5.83. The van der Waals surface area contributed by atoms with Crippen LogP contribution in [-0.4, -0.2) is 4.98 Å². The Balaban J connectivity index is 0.000000239. The third-order valence-corrected chi connectivity index (χ3v) is 8.24. The van der Waals surface area contributed by atoms with Crippen molar-refractivity contribution in [2.24, 2.45) is 0 Å². The Morgan fingerprint density at radius 1 is 0.511 bits per heavy atom. The Hall–Kier alpha value is -3.00. The van der Waals surface area contributed by atoms with Gasteiger partial charge in [0.25, 0.3) is 0 Å². The number of fused-ring (bicyclic) bond motifs is 1. The molecule has 4 rings (SSSR count). The SMILES string of the molecule is CC(C)(C)c1ccc2cnc(C(C)(C)C)cc2c1.CC(C)c1ccc(F)c(C(C)(C)C)c1.CC(C)c1cccc(C(C)(C)C)c1. The molecule has 0 saturated carbocycles. The average Bonchev–Trinajstić information content (AvgIpc) is 2.91. The standard InChI is InChI=1S/C17H23N.C13H19F.C13H20/c1-16(2,3)14-8-7-12-11-18-15(17(4,5)6)10-13(12)9-14;1-9(2)10-6-7-12(14)11(8-10)13(3,4)5;1-10(2)11-7-6-8-12(9-11)13(3,4)5/h7-11H,1-6H3;6-9H,1-5H3;6-10H,1-5H3. The maximum Gasteiger partial charge on any atom is 0.126 e. The van der Waals surface area contributed by atoms with E-state index in [2.05, 4.69) is 144 Å². The highest BCUT2D eigenvalue weighted by atomic mass is 19.1. The van der Waals surface area contributed by atoms with Gasteiger partial charge in [0, 0.05) is 22.7 Å². The molecule has 0 aliphatic heterocycles. The lowest BCUT2D eigenvalue weighted by Crippen LogP contribution is -2.14. The summed E-state index contributed by atoms with van der Waals surface area (Å²) in [7, 11) is 0. The van der Waals surface area contributed by atoms with Gasteiger partial charge in [0.05, 0.1) is 0 Å². The highest BCUT2D eigenvalue weighted by Gasteiger charge is 2.20. The van der Waals surface area contributed by atoms with Crippen LogP contribution >= 0.6 is 0 Å². The smallest absolute Gasteiger partial charge is 0.126 e. The van der Waals surface area contributed by atoms with E-state index in [4.69, 9.17) is 0 Å². The molecule has 45 heavy (non-hydrogen) atoms. The molecule has 0 unspecified atom stereocenters. The van der Waals surface area contributed by atoms with Crippen molar-refractivity contribution in [3.05, 3.63) is 112 Å². The van der Waals surface area contributed by atoms with Gasteiger partial charge < -0.3 is 0 Å². The predicted molar refractivity (Wildman–Crippen MR) is 198 cm³/mol. The Labute approximate surface area is 276 Å². The third-order valence-electron chi connectivity index (χ3n) is 8.24. The highest BCUT2D eigenvalue weighted by Crippen LogP contribution is 2.30. The normalized spacial score (nSPS) is 12.5. The number of rotatable bonds is 2. The van der Waals surface area contributed by atoms with Crippen LogP contribution in [0.1, 0.15) is 156 Å². The summed E-state index contributed by atoms with van der Waals surface area (Å²) >= 11 is 0. The summed E-state index contributed by atoms with van der Waals surface area (Å²) in [6, 6.07) is 23.3. The van der Waals surface area contributed by atoms with Crippen LogP contribution < -0.4 is 0 Å². The number of hydrogen-bond donors (Lipinski definition) is 0. The topological polar surface area (TPSA) is 12.9 Å². The zero-order chi connectivity index (χ0) is 34.5. The van der Waals surface area contributed by atoms with Gasteiger partial charge in [-0.15, -0.1) is 0 Å². The molecule has 2 heteroatoms. The van der Waals surface area contributed by atoms with Crippen LogP contribution in [0.25, 0.3) is 10.8 Å². The second-order valence-electron chi connectivity index (χ2n) is 17.3. The fourth-order valence-electron chi connectivity index (χ4n) is 4.86. The van der Waals surface area contributed by atoms with E-state index in [0.717, 1.165) is 11.3 Å². The Kier molecular flexibility index (Phi) is 12.4. The van der Waals surface area contributed by atoms with E-state index in [1.165, 1.54) is 33.0 Å². The second kappa shape index (κ2) is 14.6. The van der Waals surface area contributed by atoms with Crippen LogP contribution in [0.3, 0.4) is 0 Å². The summed E-state index contributed by atoms with van der Waals surface area (Å²) in [4.78, 5) is 4.57. The van der Waals surface area contributed by atoms with Crippen molar-refractivity contribution in [2.75, 3.05) is 0 Å². The van der Waals surface area contributed by atoms with Gasteiger partial charge in [-0.3, -0.25) is 4.98 Å². The van der Waals surface area contributed by atoms with Crippen LogP contribution in [0.15, 0.2) is 72.9 Å². The molecule has 3 aromatic carbocycles. The molecule has 1 nitrogen and oxygen atoms in total. The first-order valence-electron chi connectivity index (χ1n) is 16.7. The van der Waals surface area contributed by atoms with E-state index >= 15 is 0 Å². The fourth-order valence-corrected chi connectivity index (χ4v) is 4.86. The van der Waals surface area contributed by atoms with Gasteiger partial charge in [0.1, 0.15) is 5.82 Å². The fraction of sp³-hybridized carbons (Fsp3) is 0.512. The lowest BCUT2D eigenvalue weighted by molar-refractivity contribution is 0.521. The van der Waals surface area contributed by atoms with E-state index in [-0.39, 0.29) is 27.5 Å². The van der Waals surface area contributed by atoms with E-state index in [0.29, 0.717) is 11.8 Å². The minimum atomic E-state index is -0.116. The number of nitrogens with zero attached hydrogens (tertiary/aromatic N) is 1. The molecular formula is C43H62FN. The zero-order valence-electron chi connectivity index (χ0n) is 31.4. The summed E-state index contributed by atoms with van der Waals surface area (Å²) in [6.45, 7) is 35.0. The monoisotopic (exact) mass is 611 g/mol. The van der Waals surface area contributed by atoms with Crippen LogP contribution in [0, 0.1) is 5.82 Å². The van der Waals surface area contributed by atoms with Crippen molar-refractivity contribution in [1.82, 2.24) is 4.98 Å². The first kappa shape index (κ1) is 38.2. The Bertz CT molecular complexity index is 1480. The van der Waals surface area contributed by atoms with Gasteiger partial charge in [0.2, 0.25) is 0 Å². The van der Waals surface area contributed by atoms with E-state index in [1.54, 1.807) is 6.07 Å². The largest absolute Gasteiger partial charge is 0.260 e. The quantitative estimate of drug-likeness (QED) is 0.220. The molecule has 0 aliphatic rings. The number of hydrogen-bond acceptors (Lipinski definition) is 1. The molecule has 246 valence electrons. The van der Waals surface area contributed by atoms with E-state index < -0.39 is 0 Å². The minimum Gasteiger partial charge on any atom is -0.260 e. The molecule has 0 radical (unpaired) electrons. The average molecular weight is 612 g/mol. The Morgan fingerprint density at radius 3 is 1.53 bits per heavy atom.